The second kappa shape index (κ2) is 6.24. The fourth-order valence-electron chi connectivity index (χ4n) is 0.139. The van der Waals surface area contributed by atoms with Crippen LogP contribution in [0.25, 0.3) is 0 Å². The Morgan fingerprint density at radius 1 is 0.909 bits per heavy atom. The monoisotopic (exact) mass is 260 g/mol. The summed E-state index contributed by atoms with van der Waals surface area (Å²) >= 11 is 0. The summed E-state index contributed by atoms with van der Waals surface area (Å²) in [6.45, 7) is 0. The van der Waals surface area contributed by atoms with Crippen LogP contribution in [0.2, 0.25) is 0 Å². The summed E-state index contributed by atoms with van der Waals surface area (Å²) in [6.07, 6.45) is 0. The van der Waals surface area contributed by atoms with Crippen molar-refractivity contribution in [1.29, 1.82) is 0 Å². The molecule has 11 heteroatoms. The quantitative estimate of drug-likeness (QED) is 0.353. The molecule has 0 heterocycles. The molecule has 0 atom stereocenters. The summed E-state index contributed by atoms with van der Waals surface area (Å²) in [5, 5.41) is 0. The Morgan fingerprint density at radius 2 is 1.09 bits per heavy atom. The van der Waals surface area contributed by atoms with E-state index < -0.39 is 15.6 Å². The summed E-state index contributed by atoms with van der Waals surface area (Å²) < 4.78 is 22.2. The second-order valence-electron chi connectivity index (χ2n) is 1.06. The van der Waals surface area contributed by atoms with Crippen molar-refractivity contribution in [2.45, 2.75) is 0 Å². The van der Waals surface area contributed by atoms with Crippen LogP contribution in [-0.2, 0) is 29.9 Å². The molecule has 11 heavy (non-hydrogen) atoms. The minimum Gasteiger partial charge on any atom is 0 e. The third-order valence-corrected chi connectivity index (χ3v) is 1.91. The van der Waals surface area contributed by atoms with Crippen molar-refractivity contribution in [2.75, 3.05) is 0 Å². The first-order valence-electron chi connectivity index (χ1n) is 1.53. The molecule has 0 aromatic rings. The Labute approximate surface area is 94.2 Å². The third kappa shape index (κ3) is 18.6. The summed E-state index contributed by atoms with van der Waals surface area (Å²) in [4.78, 5) is 31.0. The summed E-state index contributed by atoms with van der Waals surface area (Å²) in [5.74, 6) is 0. The molecular weight excluding hydrogens is 256 g/mol. The molecule has 0 aliphatic rings. The molecule has 0 rings (SSSR count). The van der Waals surface area contributed by atoms with E-state index in [2.05, 4.69) is 4.31 Å². The smallest absolute Gasteiger partial charge is 0 e. The van der Waals surface area contributed by atoms with Gasteiger partial charge in [-0.25, -0.2) is 9.13 Å². The van der Waals surface area contributed by atoms with Crippen LogP contribution in [0.5, 0.6) is 0 Å². The van der Waals surface area contributed by atoms with Crippen molar-refractivity contribution >= 4 is 45.2 Å². The summed E-state index contributed by atoms with van der Waals surface area (Å²) in [5.41, 5.74) is 0. The van der Waals surface area contributed by atoms with E-state index in [-0.39, 0.29) is 46.0 Å². The van der Waals surface area contributed by atoms with E-state index in [0.29, 0.717) is 0 Å². The molecule has 0 unspecified atom stereocenters. The molecule has 0 fully saturated rings. The van der Waals surface area contributed by atoms with Crippen LogP contribution in [0.1, 0.15) is 0 Å². The van der Waals surface area contributed by atoms with Crippen molar-refractivity contribution in [1.82, 2.24) is 0 Å². The molecule has 0 amide bonds. The standard InChI is InChI=1S/Na.Ni.H4O7P2.H/c;;1-8(2,3)7-9(4,5)6;/h;;(H2,1,2,3)(H2,4,5,6);. The van der Waals surface area contributed by atoms with E-state index in [9.17, 15) is 9.13 Å². The van der Waals surface area contributed by atoms with Crippen LogP contribution in [-0.4, -0.2) is 49.1 Å². The van der Waals surface area contributed by atoms with Crippen LogP contribution in [0.3, 0.4) is 0 Å². The van der Waals surface area contributed by atoms with E-state index in [1.54, 1.807) is 0 Å². The zero-order chi connectivity index (χ0) is 7.71. The zero-order valence-electron chi connectivity index (χ0n) is 4.22. The van der Waals surface area contributed by atoms with Gasteiger partial charge in [0.2, 0.25) is 0 Å². The van der Waals surface area contributed by atoms with E-state index in [1.165, 1.54) is 0 Å². The Morgan fingerprint density at radius 3 is 1.09 bits per heavy atom. The summed E-state index contributed by atoms with van der Waals surface area (Å²) in [6, 6.07) is 0. The second-order valence-corrected chi connectivity index (χ2v) is 3.68. The van der Waals surface area contributed by atoms with Gasteiger partial charge in [0.05, 0.1) is 0 Å². The topological polar surface area (TPSA) is 124 Å². The Bertz CT molecular complexity index is 157. The van der Waals surface area contributed by atoms with Gasteiger partial charge in [0.25, 0.3) is 0 Å². The molecule has 0 spiro atoms. The van der Waals surface area contributed by atoms with Gasteiger partial charge in [-0.15, -0.1) is 0 Å². The van der Waals surface area contributed by atoms with Gasteiger partial charge in [-0.3, -0.25) is 0 Å². The first-order valence-corrected chi connectivity index (χ1v) is 4.59. The summed E-state index contributed by atoms with van der Waals surface area (Å²) in [7, 11) is -10.1. The van der Waals surface area contributed by atoms with Crippen molar-refractivity contribution < 1.29 is 49.5 Å². The van der Waals surface area contributed by atoms with E-state index in [0.717, 1.165) is 0 Å². The molecule has 0 bridgehead atoms. The maximum Gasteiger partial charge on any atom is 0 e. The van der Waals surface area contributed by atoms with Gasteiger partial charge >= 0.3 is 45.2 Å². The van der Waals surface area contributed by atoms with Crippen molar-refractivity contribution in [3.63, 3.8) is 0 Å². The fraction of sp³-hybridized carbons (Fsp3) is 0. The van der Waals surface area contributed by atoms with Gasteiger partial charge in [-0.2, -0.15) is 4.31 Å². The minimum absolute atomic E-state index is 0. The number of phosphoric acid groups is 2. The largest absolute Gasteiger partial charge is 0 e. The van der Waals surface area contributed by atoms with Gasteiger partial charge in [0.1, 0.15) is 0 Å². The van der Waals surface area contributed by atoms with Gasteiger partial charge in [-0.05, 0) is 0 Å². The van der Waals surface area contributed by atoms with Crippen molar-refractivity contribution in [3.8, 4) is 0 Å². The van der Waals surface area contributed by atoms with Gasteiger partial charge in [-0.1, -0.05) is 0 Å². The van der Waals surface area contributed by atoms with Crippen molar-refractivity contribution in [2.24, 2.45) is 0 Å². The average Bonchev–Trinajstić information content (AvgIpc) is 1.14. The predicted octanol–water partition coefficient (Wildman–Crippen LogP) is -1.46. The zero-order valence-corrected chi connectivity index (χ0v) is 7.00. The molecule has 0 aromatic heterocycles. The number of rotatable bonds is 2. The third-order valence-electron chi connectivity index (χ3n) is 0.213. The number of hydrogen-bond donors (Lipinski definition) is 4. The molecule has 68 valence electrons. The van der Waals surface area contributed by atoms with Crippen LogP contribution < -0.4 is 0 Å². The van der Waals surface area contributed by atoms with Crippen molar-refractivity contribution in [3.05, 3.63) is 0 Å². The molecule has 0 saturated heterocycles. The SMILES string of the molecule is O=P(O)(O)OP(=O)(O)O.[NaH].[Ni]. The molecule has 0 aliphatic carbocycles. The molecule has 0 aliphatic heterocycles. The minimum atomic E-state index is -5.05. The first-order chi connectivity index (χ1) is 3.71. The van der Waals surface area contributed by atoms with E-state index >= 15 is 0 Å². The van der Waals surface area contributed by atoms with Crippen LogP contribution in [0, 0.1) is 0 Å². The van der Waals surface area contributed by atoms with Gasteiger partial charge in [0.15, 0.2) is 0 Å². The fourth-order valence-corrected chi connectivity index (χ4v) is 1.25. The van der Waals surface area contributed by atoms with Crippen LogP contribution in [0.15, 0.2) is 0 Å². The number of hydrogen-bond acceptors (Lipinski definition) is 3. The maximum absolute atomic E-state index is 9.63. The first kappa shape index (κ1) is 18.5. The Hall–Kier alpha value is 1.75. The predicted molar refractivity (Wildman–Crippen MR) is 32.3 cm³/mol. The normalized spacial score (nSPS) is 11.3. The van der Waals surface area contributed by atoms with Gasteiger partial charge < -0.3 is 19.6 Å². The maximum atomic E-state index is 9.63. The molecule has 4 N–H and O–H groups in total. The van der Waals surface area contributed by atoms with Crippen LogP contribution in [0.4, 0.5) is 0 Å². The molecular formula is H5NaNiO7P2. The molecule has 0 aromatic carbocycles. The molecule has 0 radical (unpaired) electrons. The molecule has 0 saturated carbocycles. The average molecular weight is 261 g/mol. The molecule has 7 nitrogen and oxygen atoms in total. The van der Waals surface area contributed by atoms with Gasteiger partial charge in [0, 0.05) is 16.5 Å². The Balaban J connectivity index is -0.000000320. The van der Waals surface area contributed by atoms with Crippen LogP contribution >= 0.6 is 15.6 Å². The Kier molecular flexibility index (Phi) is 10.5. The van der Waals surface area contributed by atoms with E-state index in [4.69, 9.17) is 19.6 Å². The van der Waals surface area contributed by atoms with E-state index in [1.807, 2.05) is 0 Å².